The van der Waals surface area contributed by atoms with Gasteiger partial charge in [0.25, 0.3) is 5.91 Å². The lowest BCUT2D eigenvalue weighted by Crippen LogP contribution is -2.56. The molecular weight excluding hydrogens is 463 g/mol. The van der Waals surface area contributed by atoms with Gasteiger partial charge in [0.1, 0.15) is 6.04 Å². The molecule has 3 N–H and O–H groups in total. The number of piperazine rings is 1. The molecule has 1 saturated carbocycles. The van der Waals surface area contributed by atoms with E-state index in [-0.39, 0.29) is 29.5 Å². The van der Waals surface area contributed by atoms with Gasteiger partial charge >= 0.3 is 0 Å². The first-order valence-electron chi connectivity index (χ1n) is 12.4. The lowest BCUT2D eigenvalue weighted by atomic mass is 9.82. The Bertz CT molecular complexity index is 1090. The van der Waals surface area contributed by atoms with Crippen LogP contribution in [0, 0.1) is 11.7 Å². The fraction of sp³-hybridized carbons (Fsp3) is 0.444. The maximum absolute atomic E-state index is 13.7. The Balaban J connectivity index is 1.40. The monoisotopic (exact) mass is 496 g/mol. The van der Waals surface area contributed by atoms with Crippen LogP contribution in [0.25, 0.3) is 0 Å². The zero-order valence-corrected chi connectivity index (χ0v) is 20.5. The van der Waals surface area contributed by atoms with Crippen molar-refractivity contribution < 1.29 is 23.5 Å². The van der Waals surface area contributed by atoms with Crippen LogP contribution in [0.2, 0.25) is 0 Å². The smallest absolute Gasteiger partial charge is 0.254 e. The Morgan fingerprint density at radius 2 is 1.72 bits per heavy atom. The third kappa shape index (κ3) is 5.67. The van der Waals surface area contributed by atoms with Crippen molar-refractivity contribution in [1.29, 1.82) is 0 Å². The summed E-state index contributed by atoms with van der Waals surface area (Å²) in [5.41, 5.74) is 6.66. The number of rotatable bonds is 7. The number of nitrogens with two attached hydrogens (primary N) is 1. The summed E-state index contributed by atoms with van der Waals surface area (Å²) in [7, 11) is 1.37. The standard InChI is InChI=1S/C27H33FN4O4/c1-36-23-17-19(11-12-21(23)28)27(35)32-15-13-31(14-16-32)22-10-6-5-9-20(22)26(34)30-24(25(29)33)18-7-3-2-4-8-18/h2-4,7-8,11-12,17,20,22,24H,5-6,9-10,13-16H2,1H3,(H2,29,33)(H,30,34)/t20-,22-,24+/m1/s1. The zero-order valence-electron chi connectivity index (χ0n) is 20.5. The van der Waals surface area contributed by atoms with Gasteiger partial charge in [0.15, 0.2) is 11.6 Å². The van der Waals surface area contributed by atoms with Crippen LogP contribution >= 0.6 is 0 Å². The molecule has 2 aromatic rings. The molecule has 2 aromatic carbocycles. The number of amides is 3. The highest BCUT2D eigenvalue weighted by Gasteiger charge is 2.38. The fourth-order valence-electron chi connectivity index (χ4n) is 5.30. The molecule has 0 radical (unpaired) electrons. The second kappa shape index (κ2) is 11.5. The average molecular weight is 497 g/mol. The van der Waals surface area contributed by atoms with E-state index in [1.807, 2.05) is 18.2 Å². The fourth-order valence-corrected chi connectivity index (χ4v) is 5.30. The van der Waals surface area contributed by atoms with Crippen LogP contribution in [0.3, 0.4) is 0 Å². The summed E-state index contributed by atoms with van der Waals surface area (Å²) in [6, 6.07) is 12.3. The van der Waals surface area contributed by atoms with Crippen molar-refractivity contribution in [2.45, 2.75) is 37.8 Å². The summed E-state index contributed by atoms with van der Waals surface area (Å²) in [5, 5.41) is 2.89. The number of halogens is 1. The quantitative estimate of drug-likeness (QED) is 0.613. The van der Waals surface area contributed by atoms with Crippen molar-refractivity contribution in [3.63, 3.8) is 0 Å². The van der Waals surface area contributed by atoms with E-state index in [9.17, 15) is 18.8 Å². The van der Waals surface area contributed by atoms with Crippen molar-refractivity contribution in [2.24, 2.45) is 11.7 Å². The average Bonchev–Trinajstić information content (AvgIpc) is 2.92. The second-order valence-corrected chi connectivity index (χ2v) is 9.39. The predicted molar refractivity (Wildman–Crippen MR) is 133 cm³/mol. The van der Waals surface area contributed by atoms with Crippen LogP contribution in [0.15, 0.2) is 48.5 Å². The molecule has 4 rings (SSSR count). The number of primary amides is 1. The van der Waals surface area contributed by atoms with E-state index in [1.165, 1.54) is 25.3 Å². The summed E-state index contributed by atoms with van der Waals surface area (Å²) in [4.78, 5) is 42.4. The lowest BCUT2D eigenvalue weighted by molar-refractivity contribution is -0.133. The number of ether oxygens (including phenoxy) is 1. The van der Waals surface area contributed by atoms with Crippen LogP contribution in [-0.4, -0.2) is 66.9 Å². The van der Waals surface area contributed by atoms with E-state index in [1.54, 1.807) is 17.0 Å². The highest BCUT2D eigenvalue weighted by atomic mass is 19.1. The maximum atomic E-state index is 13.7. The molecule has 1 aliphatic heterocycles. The van der Waals surface area contributed by atoms with Gasteiger partial charge in [-0.2, -0.15) is 0 Å². The number of carbonyl (C=O) groups is 3. The summed E-state index contributed by atoms with van der Waals surface area (Å²) >= 11 is 0. The minimum atomic E-state index is -0.872. The molecular formula is C27H33FN4O4. The largest absolute Gasteiger partial charge is 0.494 e. The van der Waals surface area contributed by atoms with E-state index in [4.69, 9.17) is 10.5 Å². The number of nitrogens with one attached hydrogen (secondary N) is 1. The van der Waals surface area contributed by atoms with Gasteiger partial charge < -0.3 is 20.7 Å². The number of benzene rings is 2. The van der Waals surface area contributed by atoms with Crippen LogP contribution in [0.5, 0.6) is 5.75 Å². The van der Waals surface area contributed by atoms with Crippen LogP contribution in [0.4, 0.5) is 4.39 Å². The topological polar surface area (TPSA) is 105 Å². The zero-order chi connectivity index (χ0) is 25.7. The molecule has 2 aliphatic rings. The number of carbonyl (C=O) groups excluding carboxylic acids is 3. The lowest BCUT2D eigenvalue weighted by Gasteiger charge is -2.44. The van der Waals surface area contributed by atoms with Crippen molar-refractivity contribution >= 4 is 17.7 Å². The number of methoxy groups -OCH3 is 1. The second-order valence-electron chi connectivity index (χ2n) is 9.39. The first-order valence-corrected chi connectivity index (χ1v) is 12.4. The predicted octanol–water partition coefficient (Wildman–Crippen LogP) is 2.49. The Morgan fingerprint density at radius 3 is 2.39 bits per heavy atom. The molecule has 2 fully saturated rings. The van der Waals surface area contributed by atoms with Crippen LogP contribution in [0.1, 0.15) is 47.6 Å². The molecule has 1 saturated heterocycles. The third-order valence-corrected chi connectivity index (χ3v) is 7.24. The van der Waals surface area contributed by atoms with Crippen molar-refractivity contribution in [3.05, 3.63) is 65.5 Å². The van der Waals surface area contributed by atoms with E-state index in [0.717, 1.165) is 25.7 Å². The summed E-state index contributed by atoms with van der Waals surface area (Å²) in [6.45, 7) is 2.29. The first-order chi connectivity index (χ1) is 17.4. The molecule has 8 nitrogen and oxygen atoms in total. The van der Waals surface area contributed by atoms with Gasteiger partial charge in [0.2, 0.25) is 11.8 Å². The molecule has 192 valence electrons. The summed E-state index contributed by atoms with van der Waals surface area (Å²) < 4.78 is 18.7. The van der Waals surface area contributed by atoms with Gasteiger partial charge in [-0.1, -0.05) is 43.2 Å². The van der Waals surface area contributed by atoms with Gasteiger partial charge in [0.05, 0.1) is 13.0 Å². The van der Waals surface area contributed by atoms with Gasteiger partial charge in [0, 0.05) is 37.8 Å². The Kier molecular flexibility index (Phi) is 8.20. The first kappa shape index (κ1) is 25.6. The van der Waals surface area contributed by atoms with E-state index >= 15 is 0 Å². The number of hydrogen-bond acceptors (Lipinski definition) is 5. The highest BCUT2D eigenvalue weighted by molar-refractivity contribution is 5.94. The van der Waals surface area contributed by atoms with Crippen molar-refractivity contribution in [3.8, 4) is 5.75 Å². The molecule has 1 heterocycles. The van der Waals surface area contributed by atoms with Crippen LogP contribution < -0.4 is 15.8 Å². The minimum absolute atomic E-state index is 0.0335. The normalized spacial score (nSPS) is 21.4. The minimum Gasteiger partial charge on any atom is -0.494 e. The summed E-state index contributed by atoms with van der Waals surface area (Å²) in [6.07, 6.45) is 3.60. The SMILES string of the molecule is COc1cc(C(=O)N2CCN([C@@H]3CCCC[C@H]3C(=O)N[C@H](C(N)=O)c3ccccc3)CC2)ccc1F. The summed E-state index contributed by atoms with van der Waals surface area (Å²) in [5.74, 6) is -1.65. The van der Waals surface area contributed by atoms with E-state index in [2.05, 4.69) is 10.2 Å². The molecule has 0 bridgehead atoms. The van der Waals surface area contributed by atoms with Crippen molar-refractivity contribution in [2.75, 3.05) is 33.3 Å². The van der Waals surface area contributed by atoms with E-state index < -0.39 is 17.8 Å². The molecule has 0 aromatic heterocycles. The highest BCUT2D eigenvalue weighted by Crippen LogP contribution is 2.30. The molecule has 0 unspecified atom stereocenters. The molecule has 3 amide bonds. The molecule has 36 heavy (non-hydrogen) atoms. The Labute approximate surface area is 210 Å². The maximum Gasteiger partial charge on any atom is 0.254 e. The number of nitrogens with zero attached hydrogens (tertiary/aromatic N) is 2. The van der Waals surface area contributed by atoms with Gasteiger partial charge in [-0.25, -0.2) is 4.39 Å². The Morgan fingerprint density at radius 1 is 1.03 bits per heavy atom. The van der Waals surface area contributed by atoms with E-state index in [0.29, 0.717) is 37.3 Å². The molecule has 3 atom stereocenters. The number of hydrogen-bond donors (Lipinski definition) is 2. The Hall–Kier alpha value is -3.46. The molecule has 1 aliphatic carbocycles. The van der Waals surface area contributed by atoms with Crippen LogP contribution in [-0.2, 0) is 9.59 Å². The van der Waals surface area contributed by atoms with Gasteiger partial charge in [-0.05, 0) is 36.6 Å². The molecule has 0 spiro atoms. The van der Waals surface area contributed by atoms with Gasteiger partial charge in [-0.15, -0.1) is 0 Å². The van der Waals surface area contributed by atoms with Crippen molar-refractivity contribution in [1.82, 2.24) is 15.1 Å². The third-order valence-electron chi connectivity index (χ3n) is 7.24. The molecule has 9 heteroatoms. The van der Waals surface area contributed by atoms with Gasteiger partial charge in [-0.3, -0.25) is 19.3 Å².